The number of hydrogen-bond acceptors (Lipinski definition) is 3. The molecule has 0 radical (unpaired) electrons. The molecule has 104 valence electrons. The van der Waals surface area contributed by atoms with Crippen LogP contribution < -0.4 is 5.32 Å². The lowest BCUT2D eigenvalue weighted by molar-refractivity contribution is 0.169. The molecule has 2 rings (SSSR count). The van der Waals surface area contributed by atoms with Crippen molar-refractivity contribution in [2.75, 3.05) is 26.2 Å². The lowest BCUT2D eigenvalue weighted by Gasteiger charge is -2.35. The molecule has 0 aromatic heterocycles. The summed E-state index contributed by atoms with van der Waals surface area (Å²) < 4.78 is 14.1. The minimum absolute atomic E-state index is 0.000185. The molecule has 2 N–H and O–H groups in total. The highest BCUT2D eigenvalue weighted by molar-refractivity contribution is 5.30. The van der Waals surface area contributed by atoms with Gasteiger partial charge in [-0.3, -0.25) is 4.90 Å². The molecule has 4 heteroatoms. The number of hydrogen-bond donors (Lipinski definition) is 2. The van der Waals surface area contributed by atoms with Gasteiger partial charge in [0, 0.05) is 43.9 Å². The first-order valence-electron chi connectivity index (χ1n) is 6.65. The summed E-state index contributed by atoms with van der Waals surface area (Å²) in [6, 6.07) is 4.41. The number of benzene rings is 1. The van der Waals surface area contributed by atoms with Crippen LogP contribution >= 0.6 is 0 Å². The third-order valence-electron chi connectivity index (χ3n) is 3.48. The average molecular weight is 264 g/mol. The highest BCUT2D eigenvalue weighted by Crippen LogP contribution is 2.30. The molecule has 1 saturated heterocycles. The number of phenols is 1. The van der Waals surface area contributed by atoms with Gasteiger partial charge in [0.05, 0.1) is 0 Å². The largest absolute Gasteiger partial charge is 0.508 e. The molecule has 1 fully saturated rings. The fourth-order valence-electron chi connectivity index (χ4n) is 2.55. The lowest BCUT2D eigenvalue weighted by atomic mass is 9.97. The van der Waals surface area contributed by atoms with Crippen LogP contribution in [-0.2, 0) is 0 Å². The Labute approximate surface area is 113 Å². The van der Waals surface area contributed by atoms with Gasteiger partial charge in [-0.15, -0.1) is 6.58 Å². The summed E-state index contributed by atoms with van der Waals surface area (Å²) in [5, 5.41) is 12.6. The van der Waals surface area contributed by atoms with Crippen molar-refractivity contribution in [2.45, 2.75) is 19.4 Å². The van der Waals surface area contributed by atoms with E-state index in [1.165, 1.54) is 6.07 Å². The first kappa shape index (κ1) is 14.0. The number of nitrogens with zero attached hydrogens (tertiary/aromatic N) is 1. The van der Waals surface area contributed by atoms with E-state index in [9.17, 15) is 9.50 Å². The van der Waals surface area contributed by atoms with Gasteiger partial charge in [-0.25, -0.2) is 4.39 Å². The number of piperazine rings is 1. The summed E-state index contributed by atoms with van der Waals surface area (Å²) in [4.78, 5) is 2.28. The van der Waals surface area contributed by atoms with E-state index in [-0.39, 0.29) is 17.6 Å². The van der Waals surface area contributed by atoms with Crippen molar-refractivity contribution in [1.29, 1.82) is 0 Å². The summed E-state index contributed by atoms with van der Waals surface area (Å²) in [6.07, 6.45) is 0.738. The summed E-state index contributed by atoms with van der Waals surface area (Å²) >= 11 is 0. The van der Waals surface area contributed by atoms with Gasteiger partial charge in [-0.2, -0.15) is 0 Å². The number of aromatic hydroxyl groups is 1. The van der Waals surface area contributed by atoms with Crippen molar-refractivity contribution in [2.24, 2.45) is 0 Å². The zero-order valence-corrected chi connectivity index (χ0v) is 11.3. The van der Waals surface area contributed by atoms with Crippen LogP contribution in [0.15, 0.2) is 30.4 Å². The van der Waals surface area contributed by atoms with Gasteiger partial charge < -0.3 is 10.4 Å². The van der Waals surface area contributed by atoms with Crippen LogP contribution in [0.3, 0.4) is 0 Å². The highest BCUT2D eigenvalue weighted by atomic mass is 19.1. The topological polar surface area (TPSA) is 35.5 Å². The maximum atomic E-state index is 14.1. The van der Waals surface area contributed by atoms with Crippen LogP contribution in [0.25, 0.3) is 0 Å². The molecule has 3 nitrogen and oxygen atoms in total. The van der Waals surface area contributed by atoms with E-state index in [0.717, 1.165) is 38.2 Å². The van der Waals surface area contributed by atoms with Crippen molar-refractivity contribution >= 4 is 0 Å². The zero-order chi connectivity index (χ0) is 13.8. The standard InChI is InChI=1S/C15H21FN2O/c1-11(2)9-15(18-7-5-17-6-8-18)13-4-3-12(19)10-14(13)16/h3-4,10,15,17,19H,1,5-9H2,2H3/t15-/m1/s1. The van der Waals surface area contributed by atoms with Crippen LogP contribution in [-0.4, -0.2) is 36.2 Å². The monoisotopic (exact) mass is 264 g/mol. The van der Waals surface area contributed by atoms with Gasteiger partial charge in [0.2, 0.25) is 0 Å². The second-order valence-corrected chi connectivity index (χ2v) is 5.17. The van der Waals surface area contributed by atoms with Gasteiger partial charge in [0.25, 0.3) is 0 Å². The molecule has 1 heterocycles. The second kappa shape index (κ2) is 6.17. The van der Waals surface area contributed by atoms with Crippen LogP contribution in [0, 0.1) is 5.82 Å². The van der Waals surface area contributed by atoms with Crippen LogP contribution in [0.2, 0.25) is 0 Å². The molecule has 1 aliphatic heterocycles. The fourth-order valence-corrected chi connectivity index (χ4v) is 2.55. The molecule has 1 aromatic carbocycles. The predicted octanol–water partition coefficient (Wildman–Crippen LogP) is 2.44. The van der Waals surface area contributed by atoms with Crippen molar-refractivity contribution in [3.05, 3.63) is 41.7 Å². The third-order valence-corrected chi connectivity index (χ3v) is 3.48. The molecule has 0 saturated carbocycles. The quantitative estimate of drug-likeness (QED) is 0.820. The smallest absolute Gasteiger partial charge is 0.131 e. The first-order valence-corrected chi connectivity index (χ1v) is 6.65. The van der Waals surface area contributed by atoms with Crippen LogP contribution in [0.5, 0.6) is 5.75 Å². The average Bonchev–Trinajstić information content (AvgIpc) is 2.37. The number of halogens is 1. The Morgan fingerprint density at radius 1 is 1.47 bits per heavy atom. The Kier molecular flexibility index (Phi) is 4.56. The minimum atomic E-state index is -0.343. The second-order valence-electron chi connectivity index (χ2n) is 5.17. The summed E-state index contributed by atoms with van der Waals surface area (Å²) in [5.74, 6) is -0.375. The van der Waals surface area contributed by atoms with Gasteiger partial charge >= 0.3 is 0 Å². The zero-order valence-electron chi connectivity index (χ0n) is 11.3. The fraction of sp³-hybridized carbons (Fsp3) is 0.467. The number of phenolic OH excluding ortho intramolecular Hbond substituents is 1. The van der Waals surface area contributed by atoms with Crippen LogP contribution in [0.4, 0.5) is 4.39 Å². The number of nitrogens with one attached hydrogen (secondary N) is 1. The third kappa shape index (κ3) is 3.55. The summed E-state index contributed by atoms with van der Waals surface area (Å²) in [5.41, 5.74) is 1.68. The highest BCUT2D eigenvalue weighted by Gasteiger charge is 2.24. The molecule has 1 aliphatic rings. The molecule has 19 heavy (non-hydrogen) atoms. The Bertz CT molecular complexity index is 455. The van der Waals surface area contributed by atoms with Gasteiger partial charge in [-0.05, 0) is 19.4 Å². The first-order chi connectivity index (χ1) is 9.08. The molecule has 1 aromatic rings. The van der Waals surface area contributed by atoms with Crippen molar-refractivity contribution < 1.29 is 9.50 Å². The maximum Gasteiger partial charge on any atom is 0.131 e. The Balaban J connectivity index is 2.27. The van der Waals surface area contributed by atoms with Gasteiger partial charge in [0.1, 0.15) is 11.6 Å². The maximum absolute atomic E-state index is 14.1. The van der Waals surface area contributed by atoms with E-state index in [1.54, 1.807) is 12.1 Å². The van der Waals surface area contributed by atoms with Gasteiger partial charge in [-0.1, -0.05) is 11.6 Å². The van der Waals surface area contributed by atoms with Crippen molar-refractivity contribution in [1.82, 2.24) is 10.2 Å². The molecular weight excluding hydrogens is 243 g/mol. The SMILES string of the molecule is C=C(C)C[C@H](c1ccc(O)cc1F)N1CCNCC1. The molecule has 0 unspecified atom stereocenters. The Hall–Kier alpha value is -1.39. The molecule has 0 bridgehead atoms. The van der Waals surface area contributed by atoms with Gasteiger partial charge in [0.15, 0.2) is 0 Å². The normalized spacial score (nSPS) is 18.2. The molecular formula is C15H21FN2O. The molecule has 0 aliphatic carbocycles. The Morgan fingerprint density at radius 3 is 2.74 bits per heavy atom. The van der Waals surface area contributed by atoms with Crippen molar-refractivity contribution in [3.63, 3.8) is 0 Å². The molecule has 1 atom stereocenters. The van der Waals surface area contributed by atoms with E-state index in [0.29, 0.717) is 5.56 Å². The van der Waals surface area contributed by atoms with E-state index in [4.69, 9.17) is 0 Å². The predicted molar refractivity (Wildman–Crippen MR) is 74.7 cm³/mol. The van der Waals surface area contributed by atoms with E-state index in [2.05, 4.69) is 16.8 Å². The number of rotatable bonds is 4. The molecule has 0 spiro atoms. The summed E-state index contributed by atoms with van der Waals surface area (Å²) in [6.45, 7) is 9.56. The van der Waals surface area contributed by atoms with Crippen molar-refractivity contribution in [3.8, 4) is 5.75 Å². The Morgan fingerprint density at radius 2 is 2.16 bits per heavy atom. The van der Waals surface area contributed by atoms with E-state index >= 15 is 0 Å². The minimum Gasteiger partial charge on any atom is -0.508 e. The lowest BCUT2D eigenvalue weighted by Crippen LogP contribution is -2.45. The van der Waals surface area contributed by atoms with E-state index in [1.807, 2.05) is 6.92 Å². The van der Waals surface area contributed by atoms with E-state index < -0.39 is 0 Å². The van der Waals surface area contributed by atoms with Crippen LogP contribution in [0.1, 0.15) is 24.9 Å². The molecule has 0 amide bonds. The summed E-state index contributed by atoms with van der Waals surface area (Å²) in [7, 11) is 0.